The average Bonchev–Trinajstić information content (AvgIpc) is 2.61. The minimum atomic E-state index is -2.97. The van der Waals surface area contributed by atoms with E-state index in [-0.39, 0.29) is 5.91 Å². The minimum Gasteiger partial charge on any atom is -0.493 e. The normalized spacial score (nSPS) is 19.0. The van der Waals surface area contributed by atoms with E-state index in [9.17, 15) is 9.00 Å². The Morgan fingerprint density at radius 1 is 1.12 bits per heavy atom. The van der Waals surface area contributed by atoms with Gasteiger partial charge in [0.2, 0.25) is 0 Å². The zero-order valence-electron chi connectivity index (χ0n) is 13.7. The Labute approximate surface area is 142 Å². The summed E-state index contributed by atoms with van der Waals surface area (Å²) in [6, 6.07) is 16.3. The number of hydrogen-bond donors (Lipinski definition) is 0. The maximum absolute atomic E-state index is 13.4. The fourth-order valence-electron chi connectivity index (χ4n) is 2.73. The molecule has 0 N–H and O–H groups in total. The maximum Gasteiger partial charge on any atom is 0.262 e. The Bertz CT molecular complexity index is 856. The number of fused-ring (bicyclic) bond motifs is 1. The van der Waals surface area contributed by atoms with Crippen molar-refractivity contribution < 1.29 is 13.7 Å². The van der Waals surface area contributed by atoms with Crippen LogP contribution in [-0.2, 0) is 14.7 Å². The first-order valence-corrected chi connectivity index (χ1v) is 9.25. The summed E-state index contributed by atoms with van der Waals surface area (Å²) in [6.07, 6.45) is 0.539. The molecular weight excluding hydrogens is 324 g/mol. The van der Waals surface area contributed by atoms with Crippen LogP contribution < -0.4 is 4.74 Å². The number of rotatable bonds is 3. The first-order chi connectivity index (χ1) is 11.5. The van der Waals surface area contributed by atoms with Crippen molar-refractivity contribution in [2.24, 2.45) is 4.36 Å². The second-order valence-corrected chi connectivity index (χ2v) is 8.16. The van der Waals surface area contributed by atoms with Crippen molar-refractivity contribution >= 4 is 15.8 Å². The SMILES string of the molecule is CN(C)S(=O)(=NC(=O)C1CCOc2ccccc21)c1ccccc1. The summed E-state index contributed by atoms with van der Waals surface area (Å²) in [6.45, 7) is 0.456. The zero-order chi connectivity index (χ0) is 17.2. The summed E-state index contributed by atoms with van der Waals surface area (Å²) < 4.78 is 24.6. The number of benzene rings is 2. The molecule has 24 heavy (non-hydrogen) atoms. The number of hydrogen-bond acceptors (Lipinski definition) is 3. The lowest BCUT2D eigenvalue weighted by Gasteiger charge is -2.24. The van der Waals surface area contributed by atoms with Gasteiger partial charge in [0.05, 0.1) is 17.4 Å². The van der Waals surface area contributed by atoms with E-state index < -0.39 is 15.8 Å². The molecule has 0 aromatic heterocycles. The third-order valence-corrected chi connectivity index (χ3v) is 6.32. The van der Waals surface area contributed by atoms with E-state index in [0.717, 1.165) is 5.56 Å². The van der Waals surface area contributed by atoms with Crippen LogP contribution in [0.4, 0.5) is 0 Å². The molecule has 0 aliphatic carbocycles. The molecule has 5 nitrogen and oxygen atoms in total. The number of ether oxygens (including phenoxy) is 1. The van der Waals surface area contributed by atoms with Gasteiger partial charge in [0.1, 0.15) is 15.7 Å². The van der Waals surface area contributed by atoms with Gasteiger partial charge in [-0.2, -0.15) is 0 Å². The smallest absolute Gasteiger partial charge is 0.262 e. The highest BCUT2D eigenvalue weighted by atomic mass is 32.2. The lowest BCUT2D eigenvalue weighted by molar-refractivity contribution is -0.119. The van der Waals surface area contributed by atoms with Crippen LogP contribution in [0.15, 0.2) is 63.9 Å². The van der Waals surface area contributed by atoms with Crippen molar-refractivity contribution in [3.63, 3.8) is 0 Å². The molecule has 2 unspecified atom stereocenters. The van der Waals surface area contributed by atoms with Gasteiger partial charge in [-0.25, -0.2) is 8.51 Å². The third-order valence-electron chi connectivity index (χ3n) is 4.02. The molecule has 2 aromatic rings. The van der Waals surface area contributed by atoms with Gasteiger partial charge in [0.25, 0.3) is 5.91 Å². The highest BCUT2D eigenvalue weighted by Gasteiger charge is 2.29. The molecule has 2 atom stereocenters. The second kappa shape index (κ2) is 6.75. The molecule has 126 valence electrons. The van der Waals surface area contributed by atoms with Crippen LogP contribution in [0.2, 0.25) is 0 Å². The fourth-order valence-corrected chi connectivity index (χ4v) is 4.30. The molecule has 2 aromatic carbocycles. The summed E-state index contributed by atoms with van der Waals surface area (Å²) >= 11 is 0. The summed E-state index contributed by atoms with van der Waals surface area (Å²) in [5, 5.41) is 0. The highest BCUT2D eigenvalue weighted by molar-refractivity contribution is 7.91. The molecule has 0 spiro atoms. The van der Waals surface area contributed by atoms with Crippen molar-refractivity contribution in [3.05, 3.63) is 60.2 Å². The molecule has 0 bridgehead atoms. The Morgan fingerprint density at radius 3 is 2.50 bits per heavy atom. The lowest BCUT2D eigenvalue weighted by atomic mass is 9.93. The molecule has 0 saturated carbocycles. The average molecular weight is 344 g/mol. The van der Waals surface area contributed by atoms with Crippen molar-refractivity contribution in [1.29, 1.82) is 0 Å². The van der Waals surface area contributed by atoms with Gasteiger partial charge < -0.3 is 4.74 Å². The summed E-state index contributed by atoms with van der Waals surface area (Å²) in [5.41, 5.74) is 0.811. The minimum absolute atomic E-state index is 0.367. The van der Waals surface area contributed by atoms with Crippen molar-refractivity contribution in [2.45, 2.75) is 17.2 Å². The molecule has 1 aliphatic rings. The highest BCUT2D eigenvalue weighted by Crippen LogP contribution is 2.34. The third kappa shape index (κ3) is 3.07. The van der Waals surface area contributed by atoms with E-state index >= 15 is 0 Å². The molecule has 3 rings (SSSR count). The first kappa shape index (κ1) is 16.7. The molecule has 6 heteroatoms. The van der Waals surface area contributed by atoms with Gasteiger partial charge in [0, 0.05) is 19.7 Å². The van der Waals surface area contributed by atoms with E-state index in [1.807, 2.05) is 30.3 Å². The standard InChI is InChI=1S/C18H20N2O3S/c1-20(2)24(22,14-8-4-3-5-9-14)19-18(21)16-12-13-23-17-11-7-6-10-15(16)17/h3-11,16H,12-13H2,1-2H3. The molecule has 0 saturated heterocycles. The summed E-state index contributed by atoms with van der Waals surface area (Å²) in [5.74, 6) is -0.0823. The number of amides is 1. The Morgan fingerprint density at radius 2 is 1.79 bits per heavy atom. The molecule has 1 heterocycles. The first-order valence-electron chi connectivity index (χ1n) is 7.77. The Balaban J connectivity index is 2.04. The maximum atomic E-state index is 13.4. The summed E-state index contributed by atoms with van der Waals surface area (Å²) in [7, 11) is 0.374. The van der Waals surface area contributed by atoms with Crippen LogP contribution in [0, 0.1) is 0 Å². The number of carbonyl (C=O) groups excluding carboxylic acids is 1. The van der Waals surface area contributed by atoms with E-state index in [0.29, 0.717) is 23.7 Å². The van der Waals surface area contributed by atoms with E-state index in [4.69, 9.17) is 4.74 Å². The zero-order valence-corrected chi connectivity index (χ0v) is 14.5. The number of para-hydroxylation sites is 1. The van der Waals surface area contributed by atoms with E-state index in [1.54, 1.807) is 38.4 Å². The van der Waals surface area contributed by atoms with Crippen LogP contribution in [0.1, 0.15) is 17.9 Å². The number of carbonyl (C=O) groups is 1. The number of nitrogens with zero attached hydrogens (tertiary/aromatic N) is 2. The molecule has 1 amide bonds. The van der Waals surface area contributed by atoms with Crippen molar-refractivity contribution in [1.82, 2.24) is 4.31 Å². The Hall–Kier alpha value is -2.18. The van der Waals surface area contributed by atoms with Crippen LogP contribution in [-0.4, -0.2) is 35.1 Å². The second-order valence-electron chi connectivity index (χ2n) is 5.78. The summed E-state index contributed by atoms with van der Waals surface area (Å²) in [4.78, 5) is 13.4. The van der Waals surface area contributed by atoms with Gasteiger partial charge in [-0.1, -0.05) is 36.4 Å². The Kier molecular flexibility index (Phi) is 4.69. The molecule has 0 radical (unpaired) electrons. The van der Waals surface area contributed by atoms with Gasteiger partial charge in [-0.05, 0) is 24.6 Å². The van der Waals surface area contributed by atoms with Crippen molar-refractivity contribution in [2.75, 3.05) is 20.7 Å². The predicted molar refractivity (Wildman–Crippen MR) is 93.3 cm³/mol. The van der Waals surface area contributed by atoms with Crippen LogP contribution >= 0.6 is 0 Å². The van der Waals surface area contributed by atoms with E-state index in [2.05, 4.69) is 4.36 Å². The largest absolute Gasteiger partial charge is 0.493 e. The van der Waals surface area contributed by atoms with Crippen LogP contribution in [0.5, 0.6) is 5.75 Å². The van der Waals surface area contributed by atoms with E-state index in [1.165, 1.54) is 4.31 Å². The molecular formula is C18H20N2O3S. The fraction of sp³-hybridized carbons (Fsp3) is 0.278. The van der Waals surface area contributed by atoms with Gasteiger partial charge in [0.15, 0.2) is 0 Å². The van der Waals surface area contributed by atoms with Crippen molar-refractivity contribution in [3.8, 4) is 5.75 Å². The van der Waals surface area contributed by atoms with Gasteiger partial charge >= 0.3 is 0 Å². The monoisotopic (exact) mass is 344 g/mol. The van der Waals surface area contributed by atoms with Crippen LogP contribution in [0.25, 0.3) is 0 Å². The topological polar surface area (TPSA) is 59.0 Å². The quantitative estimate of drug-likeness (QED) is 0.860. The lowest BCUT2D eigenvalue weighted by Crippen LogP contribution is -2.26. The predicted octanol–water partition coefficient (Wildman–Crippen LogP) is 3.08. The molecule has 1 aliphatic heterocycles. The van der Waals surface area contributed by atoms with Crippen LogP contribution in [0.3, 0.4) is 0 Å². The van der Waals surface area contributed by atoms with Gasteiger partial charge in [-0.15, -0.1) is 4.36 Å². The molecule has 0 fully saturated rings. The van der Waals surface area contributed by atoms with Gasteiger partial charge in [-0.3, -0.25) is 4.79 Å².